The van der Waals surface area contributed by atoms with Gasteiger partial charge < -0.3 is 10.6 Å². The van der Waals surface area contributed by atoms with Crippen molar-refractivity contribution in [2.24, 2.45) is 4.40 Å². The molecule has 0 radical (unpaired) electrons. The number of nitrogens with one attached hydrogen (secondary N) is 2. The van der Waals surface area contributed by atoms with Crippen molar-refractivity contribution in [3.05, 3.63) is 65.7 Å². The molecule has 0 aromatic heterocycles. The molecule has 1 aliphatic heterocycles. The van der Waals surface area contributed by atoms with Gasteiger partial charge in [0.2, 0.25) is 5.91 Å². The number of benzene rings is 3. The first-order valence-corrected chi connectivity index (χ1v) is 11.0. The first-order chi connectivity index (χ1) is 13.4. The van der Waals surface area contributed by atoms with Crippen LogP contribution in [0.5, 0.6) is 0 Å². The lowest BCUT2D eigenvalue weighted by molar-refractivity contribution is -0.113. The quantitative estimate of drug-likeness (QED) is 0.644. The number of anilines is 2. The van der Waals surface area contributed by atoms with Crippen LogP contribution in [-0.2, 0) is 14.8 Å². The fourth-order valence-corrected chi connectivity index (χ4v) is 5.13. The van der Waals surface area contributed by atoms with Crippen molar-refractivity contribution in [3.63, 3.8) is 0 Å². The zero-order valence-corrected chi connectivity index (χ0v) is 16.7. The molecule has 0 aliphatic carbocycles. The smallest absolute Gasteiger partial charge is 0.286 e. The Morgan fingerprint density at radius 3 is 2.75 bits per heavy atom. The molecule has 28 heavy (non-hydrogen) atoms. The van der Waals surface area contributed by atoms with Gasteiger partial charge >= 0.3 is 0 Å². The monoisotopic (exact) mass is 431 g/mol. The Bertz CT molecular complexity index is 1220. The van der Waals surface area contributed by atoms with Crippen LogP contribution in [0.2, 0.25) is 5.02 Å². The molecule has 1 aliphatic rings. The van der Waals surface area contributed by atoms with Crippen LogP contribution in [0.25, 0.3) is 10.8 Å². The molecule has 4 rings (SSSR count). The van der Waals surface area contributed by atoms with Crippen LogP contribution in [0, 0.1) is 0 Å². The van der Waals surface area contributed by atoms with Gasteiger partial charge in [-0.25, -0.2) is 0 Å². The Morgan fingerprint density at radius 1 is 1.11 bits per heavy atom. The number of sulfonamides is 1. The molecule has 0 spiro atoms. The maximum atomic E-state index is 12.4. The number of carbonyl (C=O) groups is 1. The van der Waals surface area contributed by atoms with Crippen LogP contribution in [0.4, 0.5) is 11.4 Å². The molecule has 3 aromatic carbocycles. The average Bonchev–Trinajstić information content (AvgIpc) is 2.67. The summed E-state index contributed by atoms with van der Waals surface area (Å²) in [7, 11) is -3.86. The number of carbonyl (C=O) groups excluding carboxylic acids is 1. The summed E-state index contributed by atoms with van der Waals surface area (Å²) in [5.41, 5.74) is 1.09. The topological polar surface area (TPSA) is 87.6 Å². The van der Waals surface area contributed by atoms with Crippen molar-refractivity contribution >= 4 is 66.6 Å². The highest BCUT2D eigenvalue weighted by molar-refractivity contribution is 8.15. The first kappa shape index (κ1) is 18.8. The normalized spacial score (nSPS) is 14.7. The summed E-state index contributed by atoms with van der Waals surface area (Å²) >= 11 is 6.88. The Hall–Kier alpha value is -2.55. The third-order valence-corrected chi connectivity index (χ3v) is 6.61. The van der Waals surface area contributed by atoms with Gasteiger partial charge in [-0.2, -0.15) is 8.42 Å². The van der Waals surface area contributed by atoms with E-state index in [4.69, 9.17) is 11.6 Å². The molecule has 0 atom stereocenters. The number of hydrogen-bond acceptors (Lipinski definition) is 5. The number of amides is 1. The zero-order valence-electron chi connectivity index (χ0n) is 14.3. The van der Waals surface area contributed by atoms with E-state index in [-0.39, 0.29) is 21.7 Å². The van der Waals surface area contributed by atoms with E-state index in [9.17, 15) is 13.2 Å². The SMILES string of the molecule is O=C(CSC1=NS(=O)(=O)c2cc(Cl)ccc2N1)Nc1cccc2ccccc12. The van der Waals surface area contributed by atoms with Crippen molar-refractivity contribution in [2.45, 2.75) is 4.90 Å². The van der Waals surface area contributed by atoms with Crippen LogP contribution >= 0.6 is 23.4 Å². The molecule has 0 saturated heterocycles. The molecule has 0 fully saturated rings. The summed E-state index contributed by atoms with van der Waals surface area (Å²) < 4.78 is 28.4. The molecule has 0 unspecified atom stereocenters. The number of rotatable bonds is 3. The maximum Gasteiger partial charge on any atom is 0.286 e. The number of halogens is 1. The molecule has 9 heteroatoms. The fourth-order valence-electron chi connectivity index (χ4n) is 2.83. The highest BCUT2D eigenvalue weighted by Crippen LogP contribution is 2.31. The molecular formula is C19H14ClN3O3S2. The second kappa shape index (κ2) is 7.46. The van der Waals surface area contributed by atoms with E-state index in [0.717, 1.165) is 22.5 Å². The lowest BCUT2D eigenvalue weighted by Crippen LogP contribution is -2.22. The molecule has 1 amide bonds. The summed E-state index contributed by atoms with van der Waals surface area (Å²) in [6.07, 6.45) is 0. The third-order valence-electron chi connectivity index (χ3n) is 4.07. The van der Waals surface area contributed by atoms with Crippen LogP contribution in [0.3, 0.4) is 0 Å². The van der Waals surface area contributed by atoms with E-state index in [0.29, 0.717) is 16.4 Å². The predicted molar refractivity (Wildman–Crippen MR) is 115 cm³/mol. The second-order valence-corrected chi connectivity index (χ2v) is 8.97. The number of hydrogen-bond donors (Lipinski definition) is 2. The molecule has 2 N–H and O–H groups in total. The second-order valence-electron chi connectivity index (χ2n) is 6.00. The predicted octanol–water partition coefficient (Wildman–Crippen LogP) is 4.34. The van der Waals surface area contributed by atoms with Crippen molar-refractivity contribution in [3.8, 4) is 0 Å². The van der Waals surface area contributed by atoms with Gasteiger partial charge in [-0.1, -0.05) is 59.8 Å². The van der Waals surface area contributed by atoms with E-state index in [1.165, 1.54) is 6.07 Å². The maximum absolute atomic E-state index is 12.4. The number of thioether (sulfide) groups is 1. The van der Waals surface area contributed by atoms with Gasteiger partial charge in [0.15, 0.2) is 5.17 Å². The first-order valence-electron chi connectivity index (χ1n) is 8.24. The van der Waals surface area contributed by atoms with Gasteiger partial charge in [0.25, 0.3) is 10.0 Å². The van der Waals surface area contributed by atoms with Crippen LogP contribution < -0.4 is 10.6 Å². The van der Waals surface area contributed by atoms with Gasteiger partial charge in [-0.05, 0) is 29.7 Å². The minimum atomic E-state index is -3.86. The van der Waals surface area contributed by atoms with Crippen molar-refractivity contribution < 1.29 is 13.2 Å². The van der Waals surface area contributed by atoms with Gasteiger partial charge in [-0.3, -0.25) is 4.79 Å². The van der Waals surface area contributed by atoms with Crippen LogP contribution in [-0.4, -0.2) is 25.2 Å². The van der Waals surface area contributed by atoms with Gasteiger partial charge in [0, 0.05) is 16.1 Å². The van der Waals surface area contributed by atoms with E-state index in [1.54, 1.807) is 12.1 Å². The molecule has 0 bridgehead atoms. The summed E-state index contributed by atoms with van der Waals surface area (Å²) in [6.45, 7) is 0. The minimum Gasteiger partial charge on any atom is -0.333 e. The Balaban J connectivity index is 1.47. The van der Waals surface area contributed by atoms with Crippen LogP contribution in [0.15, 0.2) is 70.0 Å². The lowest BCUT2D eigenvalue weighted by Gasteiger charge is -2.17. The minimum absolute atomic E-state index is 0.00744. The Kier molecular flexibility index (Phi) is 5.01. The summed E-state index contributed by atoms with van der Waals surface area (Å²) in [5, 5.41) is 8.19. The van der Waals surface area contributed by atoms with E-state index in [2.05, 4.69) is 15.0 Å². The van der Waals surface area contributed by atoms with Gasteiger partial charge in [-0.15, -0.1) is 4.40 Å². The Labute approximate surface area is 171 Å². The van der Waals surface area contributed by atoms with Crippen molar-refractivity contribution in [1.82, 2.24) is 0 Å². The highest BCUT2D eigenvalue weighted by atomic mass is 35.5. The largest absolute Gasteiger partial charge is 0.333 e. The summed E-state index contributed by atoms with van der Waals surface area (Å²) in [6, 6.07) is 17.9. The molecule has 3 aromatic rings. The van der Waals surface area contributed by atoms with E-state index < -0.39 is 10.0 Å². The Morgan fingerprint density at radius 2 is 1.89 bits per heavy atom. The standard InChI is InChI=1S/C19H14ClN3O3S2/c20-13-8-9-16-17(10-13)28(25,26)23-19(22-16)27-11-18(24)21-15-7-3-5-12-4-1-2-6-14(12)15/h1-10H,11H2,(H,21,24)(H,22,23). The van der Waals surface area contributed by atoms with E-state index in [1.807, 2.05) is 42.5 Å². The van der Waals surface area contributed by atoms with Crippen molar-refractivity contribution in [2.75, 3.05) is 16.4 Å². The molecule has 0 saturated carbocycles. The number of nitrogens with zero attached hydrogens (tertiary/aromatic N) is 1. The molecule has 142 valence electrons. The molecule has 6 nitrogen and oxygen atoms in total. The van der Waals surface area contributed by atoms with Gasteiger partial charge in [0.05, 0.1) is 11.4 Å². The number of fused-ring (bicyclic) bond motifs is 2. The summed E-state index contributed by atoms with van der Waals surface area (Å²) in [4.78, 5) is 12.4. The zero-order chi connectivity index (χ0) is 19.7. The molecular weight excluding hydrogens is 418 g/mol. The van der Waals surface area contributed by atoms with E-state index >= 15 is 0 Å². The average molecular weight is 432 g/mol. The highest BCUT2D eigenvalue weighted by Gasteiger charge is 2.25. The lowest BCUT2D eigenvalue weighted by atomic mass is 10.1. The van der Waals surface area contributed by atoms with Gasteiger partial charge in [0.1, 0.15) is 4.90 Å². The molecule has 1 heterocycles. The van der Waals surface area contributed by atoms with Crippen molar-refractivity contribution in [1.29, 1.82) is 0 Å². The fraction of sp³-hybridized carbons (Fsp3) is 0.0526. The summed E-state index contributed by atoms with van der Waals surface area (Å²) in [5.74, 6) is -0.252. The number of amidine groups is 1. The third kappa shape index (κ3) is 3.84. The van der Waals surface area contributed by atoms with Crippen LogP contribution in [0.1, 0.15) is 0 Å².